The number of likely N-dealkylation sites (tertiary alicyclic amines) is 1. The number of hydrogen-bond donors (Lipinski definition) is 1. The van der Waals surface area contributed by atoms with Crippen LogP contribution >= 0.6 is 12.4 Å². The van der Waals surface area contributed by atoms with E-state index in [1.54, 1.807) is 0 Å². The first kappa shape index (κ1) is 22.8. The average Bonchev–Trinajstić information content (AvgIpc) is 2.59. The Bertz CT molecular complexity index is 555. The lowest BCUT2D eigenvalue weighted by molar-refractivity contribution is -0.137. The molecular weight excluding hydrogens is 365 g/mol. The maximum atomic E-state index is 12.6. The van der Waals surface area contributed by atoms with Crippen LogP contribution in [0.25, 0.3) is 0 Å². The second-order valence-electron chi connectivity index (χ2n) is 6.86. The van der Waals surface area contributed by atoms with Gasteiger partial charge in [0.05, 0.1) is 5.56 Å². The summed E-state index contributed by atoms with van der Waals surface area (Å²) < 4.78 is 37.9. The zero-order valence-electron chi connectivity index (χ0n) is 15.3. The number of amides is 1. The van der Waals surface area contributed by atoms with E-state index in [1.165, 1.54) is 12.1 Å². The molecule has 2 rings (SSSR count). The van der Waals surface area contributed by atoms with Crippen LogP contribution in [0.4, 0.5) is 13.2 Å². The van der Waals surface area contributed by atoms with Crippen molar-refractivity contribution in [1.82, 2.24) is 10.2 Å². The van der Waals surface area contributed by atoms with Crippen molar-refractivity contribution in [3.05, 3.63) is 35.4 Å². The van der Waals surface area contributed by atoms with E-state index in [0.29, 0.717) is 12.3 Å². The molecule has 1 aromatic carbocycles. The van der Waals surface area contributed by atoms with Crippen LogP contribution in [0.15, 0.2) is 24.3 Å². The number of piperidine rings is 1. The zero-order valence-corrected chi connectivity index (χ0v) is 16.1. The Labute approximate surface area is 159 Å². The molecule has 1 N–H and O–H groups in total. The van der Waals surface area contributed by atoms with E-state index in [1.807, 2.05) is 11.8 Å². The van der Waals surface area contributed by atoms with Crippen LogP contribution in [-0.4, -0.2) is 37.0 Å². The van der Waals surface area contributed by atoms with Crippen LogP contribution < -0.4 is 5.32 Å². The molecule has 26 heavy (non-hydrogen) atoms. The van der Waals surface area contributed by atoms with Gasteiger partial charge in [-0.15, -0.1) is 12.4 Å². The molecule has 0 aromatic heterocycles. The second kappa shape index (κ2) is 10.2. The lowest BCUT2D eigenvalue weighted by atomic mass is 9.93. The third kappa shape index (κ3) is 6.47. The summed E-state index contributed by atoms with van der Waals surface area (Å²) in [6.07, 6.45) is -1.97. The van der Waals surface area contributed by atoms with Crippen molar-refractivity contribution in [3.8, 4) is 0 Å². The summed E-state index contributed by atoms with van der Waals surface area (Å²) in [6.45, 7) is 7.48. The van der Waals surface area contributed by atoms with Gasteiger partial charge in [-0.1, -0.05) is 26.0 Å². The largest absolute Gasteiger partial charge is 0.416 e. The number of benzene rings is 1. The highest BCUT2D eigenvalue weighted by atomic mass is 35.5. The smallest absolute Gasteiger partial charge is 0.343 e. The number of alkyl halides is 3. The Morgan fingerprint density at radius 2 is 1.81 bits per heavy atom. The summed E-state index contributed by atoms with van der Waals surface area (Å²) >= 11 is 0. The summed E-state index contributed by atoms with van der Waals surface area (Å²) in [7, 11) is 0. The van der Waals surface area contributed by atoms with Gasteiger partial charge < -0.3 is 10.2 Å². The van der Waals surface area contributed by atoms with Crippen LogP contribution in [-0.2, 0) is 11.0 Å². The highest BCUT2D eigenvalue weighted by molar-refractivity contribution is 5.85. The Morgan fingerprint density at radius 3 is 2.31 bits per heavy atom. The molecule has 1 aliphatic heterocycles. The van der Waals surface area contributed by atoms with E-state index < -0.39 is 11.7 Å². The summed E-state index contributed by atoms with van der Waals surface area (Å²) in [5.41, 5.74) is 0.112. The maximum Gasteiger partial charge on any atom is 0.416 e. The van der Waals surface area contributed by atoms with Gasteiger partial charge >= 0.3 is 6.18 Å². The van der Waals surface area contributed by atoms with Crippen LogP contribution in [0.2, 0.25) is 0 Å². The van der Waals surface area contributed by atoms with Gasteiger partial charge in [-0.05, 0) is 55.5 Å². The van der Waals surface area contributed by atoms with Crippen molar-refractivity contribution in [3.63, 3.8) is 0 Å². The van der Waals surface area contributed by atoms with Crippen LogP contribution in [0.1, 0.15) is 50.2 Å². The molecule has 0 spiro atoms. The molecule has 1 saturated heterocycles. The summed E-state index contributed by atoms with van der Waals surface area (Å²) in [4.78, 5) is 14.4. The molecule has 3 nitrogen and oxygen atoms in total. The van der Waals surface area contributed by atoms with Gasteiger partial charge in [0.15, 0.2) is 0 Å². The fourth-order valence-electron chi connectivity index (χ4n) is 3.24. The number of nitrogens with zero attached hydrogens (tertiary/aromatic N) is 1. The molecule has 1 amide bonds. The number of halogens is 4. The number of carbonyl (C=O) groups excluding carboxylic acids is 1. The molecule has 1 aromatic rings. The van der Waals surface area contributed by atoms with Gasteiger partial charge in [-0.2, -0.15) is 13.2 Å². The van der Waals surface area contributed by atoms with E-state index in [2.05, 4.69) is 12.2 Å². The van der Waals surface area contributed by atoms with Crippen molar-refractivity contribution < 1.29 is 18.0 Å². The van der Waals surface area contributed by atoms with E-state index >= 15 is 0 Å². The fraction of sp³-hybridized carbons (Fsp3) is 0.632. The van der Waals surface area contributed by atoms with Crippen molar-refractivity contribution in [1.29, 1.82) is 0 Å². The van der Waals surface area contributed by atoms with E-state index in [4.69, 9.17) is 0 Å². The summed E-state index contributed by atoms with van der Waals surface area (Å²) in [6, 6.07) is 5.12. The Kier molecular flexibility index (Phi) is 8.90. The Morgan fingerprint density at radius 1 is 1.23 bits per heavy atom. The lowest BCUT2D eigenvalue weighted by Crippen LogP contribution is -2.41. The molecule has 1 fully saturated rings. The van der Waals surface area contributed by atoms with Gasteiger partial charge in [0.2, 0.25) is 5.91 Å². The van der Waals surface area contributed by atoms with E-state index in [9.17, 15) is 18.0 Å². The normalized spacial score (nSPS) is 16.9. The molecule has 0 bridgehead atoms. The topological polar surface area (TPSA) is 32.3 Å². The zero-order chi connectivity index (χ0) is 18.4. The minimum atomic E-state index is -4.32. The van der Waals surface area contributed by atoms with Gasteiger partial charge in [0.25, 0.3) is 0 Å². The molecule has 1 atom stereocenters. The number of nitrogens with one attached hydrogen (secondary N) is 1. The minimum Gasteiger partial charge on any atom is -0.343 e. The second-order valence-corrected chi connectivity index (χ2v) is 6.86. The highest BCUT2D eigenvalue weighted by Gasteiger charge is 2.30. The molecule has 1 heterocycles. The standard InChI is InChI=1S/C19H27F3N2O.ClH/c1-3-23-13-15-8-10-24(11-9-15)18(25)12-14(2)16-4-6-17(7-5-16)19(20,21)22;/h4-7,14-15,23H,3,8-13H2,1-2H3;1H. The van der Waals surface area contributed by atoms with Gasteiger partial charge in [-0.25, -0.2) is 0 Å². The number of rotatable bonds is 6. The van der Waals surface area contributed by atoms with Gasteiger partial charge in [-0.3, -0.25) is 4.79 Å². The molecule has 0 aliphatic carbocycles. The van der Waals surface area contributed by atoms with Gasteiger partial charge in [0, 0.05) is 19.5 Å². The van der Waals surface area contributed by atoms with Crippen LogP contribution in [0.3, 0.4) is 0 Å². The van der Waals surface area contributed by atoms with Crippen molar-refractivity contribution in [2.24, 2.45) is 5.92 Å². The van der Waals surface area contributed by atoms with Crippen LogP contribution in [0, 0.1) is 5.92 Å². The predicted octanol–water partition coefficient (Wildman–Crippen LogP) is 4.47. The van der Waals surface area contributed by atoms with E-state index in [-0.39, 0.29) is 24.2 Å². The average molecular weight is 393 g/mol. The van der Waals surface area contributed by atoms with Crippen molar-refractivity contribution >= 4 is 18.3 Å². The Hall–Kier alpha value is -1.27. The fourth-order valence-corrected chi connectivity index (χ4v) is 3.24. The monoisotopic (exact) mass is 392 g/mol. The molecular formula is C19H28ClF3N2O. The first-order valence-corrected chi connectivity index (χ1v) is 8.97. The van der Waals surface area contributed by atoms with Crippen molar-refractivity contribution in [2.45, 2.75) is 45.2 Å². The quantitative estimate of drug-likeness (QED) is 0.774. The SMILES string of the molecule is CCNCC1CCN(C(=O)CC(C)c2ccc(C(F)(F)F)cc2)CC1.Cl. The molecule has 148 valence electrons. The lowest BCUT2D eigenvalue weighted by Gasteiger charge is -2.32. The summed E-state index contributed by atoms with van der Waals surface area (Å²) in [5.74, 6) is 0.625. The maximum absolute atomic E-state index is 12.6. The molecule has 0 saturated carbocycles. The summed E-state index contributed by atoms with van der Waals surface area (Å²) in [5, 5.41) is 3.35. The minimum absolute atomic E-state index is 0. The van der Waals surface area contributed by atoms with E-state index in [0.717, 1.165) is 56.7 Å². The number of hydrogen-bond acceptors (Lipinski definition) is 2. The molecule has 0 radical (unpaired) electrons. The van der Waals surface area contributed by atoms with Gasteiger partial charge in [0.1, 0.15) is 0 Å². The first-order valence-electron chi connectivity index (χ1n) is 8.97. The van der Waals surface area contributed by atoms with Crippen LogP contribution in [0.5, 0.6) is 0 Å². The Balaban J connectivity index is 0.00000338. The third-order valence-electron chi connectivity index (χ3n) is 4.94. The van der Waals surface area contributed by atoms with Crippen molar-refractivity contribution in [2.75, 3.05) is 26.2 Å². The predicted molar refractivity (Wildman–Crippen MR) is 99.6 cm³/mol. The third-order valence-corrected chi connectivity index (χ3v) is 4.94. The molecule has 1 aliphatic rings. The highest BCUT2D eigenvalue weighted by Crippen LogP contribution is 2.31. The molecule has 7 heteroatoms. The first-order chi connectivity index (χ1) is 11.8. The number of carbonyl (C=O) groups is 1. The molecule has 1 unspecified atom stereocenters.